The Morgan fingerprint density at radius 1 is 1.18 bits per heavy atom. The van der Waals surface area contributed by atoms with Gasteiger partial charge in [-0.05, 0) is 55.2 Å². The molecule has 0 atom stereocenters. The topological polar surface area (TPSA) is 61.2 Å². The number of aryl methyl sites for hydroxylation is 2. The number of carbonyl (C=O) groups excluding carboxylic acids is 1. The molecular weight excluding hydrogens is 476 g/mol. The van der Waals surface area contributed by atoms with Crippen LogP contribution < -0.4 is 5.56 Å². The maximum absolute atomic E-state index is 13.7. The van der Waals surface area contributed by atoms with Crippen molar-refractivity contribution in [1.29, 1.82) is 0 Å². The summed E-state index contributed by atoms with van der Waals surface area (Å²) < 4.78 is 6.85. The molecule has 0 bridgehead atoms. The normalized spacial score (nSPS) is 11.2. The number of hydrogen-bond acceptors (Lipinski definition) is 6. The van der Waals surface area contributed by atoms with Crippen LogP contribution >= 0.6 is 34.7 Å². The molecule has 0 spiro atoms. The summed E-state index contributed by atoms with van der Waals surface area (Å²) in [5, 5.41) is 1.68. The van der Waals surface area contributed by atoms with Gasteiger partial charge in [0.25, 0.3) is 5.56 Å². The third kappa shape index (κ3) is 5.00. The van der Waals surface area contributed by atoms with Gasteiger partial charge in [-0.15, -0.1) is 11.3 Å². The fraction of sp³-hybridized carbons (Fsp3) is 0.240. The maximum atomic E-state index is 13.7. The molecule has 0 N–H and O–H groups in total. The molecule has 0 saturated carbocycles. The van der Waals surface area contributed by atoms with Crippen molar-refractivity contribution in [2.75, 3.05) is 6.61 Å². The molecule has 2 aromatic carbocycles. The molecule has 170 valence electrons. The van der Waals surface area contributed by atoms with Gasteiger partial charge in [-0.1, -0.05) is 59.8 Å². The molecule has 4 rings (SSSR count). The van der Waals surface area contributed by atoms with Crippen molar-refractivity contribution in [1.82, 2.24) is 9.55 Å². The van der Waals surface area contributed by atoms with Crippen LogP contribution in [-0.4, -0.2) is 22.1 Å². The Bertz CT molecular complexity index is 1390. The average Bonchev–Trinajstić information content (AvgIpc) is 3.12. The summed E-state index contributed by atoms with van der Waals surface area (Å²) in [6.45, 7) is 6.22. The number of fused-ring (bicyclic) bond motifs is 1. The van der Waals surface area contributed by atoms with E-state index in [1.165, 1.54) is 34.2 Å². The number of rotatable bonds is 7. The first-order valence-electron chi connectivity index (χ1n) is 10.5. The summed E-state index contributed by atoms with van der Waals surface area (Å²) in [4.78, 5) is 31.9. The highest BCUT2D eigenvalue weighted by Gasteiger charge is 2.22. The highest BCUT2D eigenvalue weighted by molar-refractivity contribution is 7.98. The zero-order chi connectivity index (χ0) is 23.5. The van der Waals surface area contributed by atoms with E-state index in [1.54, 1.807) is 24.5 Å². The maximum Gasteiger partial charge on any atom is 0.348 e. The van der Waals surface area contributed by atoms with E-state index in [9.17, 15) is 9.59 Å². The molecule has 0 aliphatic rings. The van der Waals surface area contributed by atoms with Crippen LogP contribution in [0.25, 0.3) is 10.2 Å². The van der Waals surface area contributed by atoms with Crippen molar-refractivity contribution in [3.63, 3.8) is 0 Å². The molecule has 0 aliphatic heterocycles. The van der Waals surface area contributed by atoms with Crippen molar-refractivity contribution >= 4 is 50.9 Å². The lowest BCUT2D eigenvalue weighted by Crippen LogP contribution is -2.24. The Morgan fingerprint density at radius 2 is 1.97 bits per heavy atom. The smallest absolute Gasteiger partial charge is 0.348 e. The Kier molecular flexibility index (Phi) is 7.22. The largest absolute Gasteiger partial charge is 0.462 e. The predicted octanol–water partition coefficient (Wildman–Crippen LogP) is 6.25. The molecule has 0 radical (unpaired) electrons. The van der Waals surface area contributed by atoms with Crippen molar-refractivity contribution < 1.29 is 9.53 Å². The van der Waals surface area contributed by atoms with E-state index in [2.05, 4.69) is 19.1 Å². The molecular formula is C25H23ClN2O3S2. The molecule has 0 fully saturated rings. The molecule has 33 heavy (non-hydrogen) atoms. The first kappa shape index (κ1) is 23.5. The first-order valence-corrected chi connectivity index (χ1v) is 12.7. The van der Waals surface area contributed by atoms with Gasteiger partial charge in [0.2, 0.25) is 0 Å². The summed E-state index contributed by atoms with van der Waals surface area (Å²) in [7, 11) is 0. The van der Waals surface area contributed by atoms with Gasteiger partial charge in [-0.3, -0.25) is 9.36 Å². The van der Waals surface area contributed by atoms with E-state index in [4.69, 9.17) is 21.3 Å². The minimum absolute atomic E-state index is 0.170. The van der Waals surface area contributed by atoms with Crippen LogP contribution in [0.5, 0.6) is 0 Å². The summed E-state index contributed by atoms with van der Waals surface area (Å²) in [5.41, 5.74) is 3.71. The second-order valence-corrected chi connectivity index (χ2v) is 9.97. The number of aromatic nitrogens is 2. The second-order valence-electron chi connectivity index (χ2n) is 7.59. The van der Waals surface area contributed by atoms with E-state index < -0.39 is 5.97 Å². The van der Waals surface area contributed by atoms with Crippen LogP contribution in [0.1, 0.15) is 38.8 Å². The number of nitrogens with zero attached hydrogens (tertiary/aromatic N) is 2. The molecule has 8 heteroatoms. The van der Waals surface area contributed by atoms with Crippen LogP contribution in [0.3, 0.4) is 0 Å². The van der Waals surface area contributed by atoms with Gasteiger partial charge in [0.15, 0.2) is 5.16 Å². The monoisotopic (exact) mass is 498 g/mol. The summed E-state index contributed by atoms with van der Waals surface area (Å²) in [6.07, 6.45) is 0. The lowest BCUT2D eigenvalue weighted by Gasteiger charge is -2.13. The molecule has 0 amide bonds. The van der Waals surface area contributed by atoms with Gasteiger partial charge in [0.05, 0.1) is 18.5 Å². The fourth-order valence-electron chi connectivity index (χ4n) is 3.57. The molecule has 0 aliphatic carbocycles. The van der Waals surface area contributed by atoms with Gasteiger partial charge in [-0.2, -0.15) is 0 Å². The SMILES string of the molecule is CCOC(=O)c1sc2nc(SCc3ccccc3C)n(Cc3cccc(Cl)c3)c(=O)c2c1C. The third-order valence-corrected chi connectivity index (χ3v) is 7.75. The number of carbonyl (C=O) groups is 1. The second kappa shape index (κ2) is 10.1. The number of thiophene rings is 1. The number of ether oxygens (including phenoxy) is 1. The van der Waals surface area contributed by atoms with E-state index in [0.717, 1.165) is 5.56 Å². The standard InChI is InChI=1S/C25H23ClN2O3S2/c1-4-31-24(30)21-16(3)20-22(33-21)27-25(32-14-18-10-6-5-8-15(18)2)28(23(20)29)13-17-9-7-11-19(26)12-17/h5-12H,4,13-14H2,1-3H3. The van der Waals surface area contributed by atoms with Crippen LogP contribution in [0.15, 0.2) is 58.5 Å². The van der Waals surface area contributed by atoms with E-state index >= 15 is 0 Å². The van der Waals surface area contributed by atoms with E-state index in [-0.39, 0.29) is 12.2 Å². The predicted molar refractivity (Wildman–Crippen MR) is 136 cm³/mol. The molecule has 0 unspecified atom stereocenters. The molecule has 4 aromatic rings. The van der Waals surface area contributed by atoms with Crippen molar-refractivity contribution in [3.8, 4) is 0 Å². The fourth-order valence-corrected chi connectivity index (χ4v) is 5.97. The zero-order valence-corrected chi connectivity index (χ0v) is 20.9. The molecule has 0 saturated heterocycles. The molecule has 5 nitrogen and oxygen atoms in total. The first-order chi connectivity index (χ1) is 15.9. The van der Waals surface area contributed by atoms with E-state index in [0.29, 0.717) is 43.1 Å². The molecule has 2 heterocycles. The zero-order valence-electron chi connectivity index (χ0n) is 18.6. The minimum Gasteiger partial charge on any atom is -0.462 e. The quantitative estimate of drug-likeness (QED) is 0.171. The Balaban J connectivity index is 1.83. The van der Waals surface area contributed by atoms with Crippen molar-refractivity contribution in [2.24, 2.45) is 0 Å². The van der Waals surface area contributed by atoms with Crippen molar-refractivity contribution in [2.45, 2.75) is 38.2 Å². The Morgan fingerprint density at radius 3 is 2.70 bits per heavy atom. The van der Waals surface area contributed by atoms with Crippen LogP contribution in [0.4, 0.5) is 0 Å². The number of halogens is 1. The van der Waals surface area contributed by atoms with Crippen LogP contribution in [0.2, 0.25) is 5.02 Å². The third-order valence-electron chi connectivity index (χ3n) is 5.32. The average molecular weight is 499 g/mol. The van der Waals surface area contributed by atoms with Gasteiger partial charge in [-0.25, -0.2) is 9.78 Å². The lowest BCUT2D eigenvalue weighted by atomic mass is 10.1. The Labute approximate surface area is 205 Å². The van der Waals surface area contributed by atoms with Gasteiger partial charge in [0.1, 0.15) is 9.71 Å². The van der Waals surface area contributed by atoms with Gasteiger partial charge >= 0.3 is 5.97 Å². The number of hydrogen-bond donors (Lipinski definition) is 0. The number of esters is 1. The lowest BCUT2D eigenvalue weighted by molar-refractivity contribution is 0.0531. The highest BCUT2D eigenvalue weighted by atomic mass is 35.5. The number of benzene rings is 2. The summed E-state index contributed by atoms with van der Waals surface area (Å²) in [6, 6.07) is 15.6. The van der Waals surface area contributed by atoms with Crippen LogP contribution in [-0.2, 0) is 17.0 Å². The van der Waals surface area contributed by atoms with Gasteiger partial charge < -0.3 is 4.74 Å². The highest BCUT2D eigenvalue weighted by Crippen LogP contribution is 2.31. The van der Waals surface area contributed by atoms with Gasteiger partial charge in [0, 0.05) is 10.8 Å². The Hall–Kier alpha value is -2.61. The summed E-state index contributed by atoms with van der Waals surface area (Å²) >= 11 is 8.90. The van der Waals surface area contributed by atoms with Crippen LogP contribution in [0, 0.1) is 13.8 Å². The van der Waals surface area contributed by atoms with Crippen molar-refractivity contribution in [3.05, 3.63) is 91.0 Å². The molecule has 2 aromatic heterocycles. The summed E-state index contributed by atoms with van der Waals surface area (Å²) in [5.74, 6) is 0.253. The minimum atomic E-state index is -0.423. The number of thioether (sulfide) groups is 1. The van der Waals surface area contributed by atoms with E-state index in [1.807, 2.05) is 30.3 Å².